The second kappa shape index (κ2) is 6.59. The Morgan fingerprint density at radius 2 is 2.23 bits per heavy atom. The Morgan fingerprint density at radius 3 is 3.00 bits per heavy atom. The third-order valence-corrected chi connectivity index (χ3v) is 5.86. The number of likely N-dealkylation sites (N-methyl/N-ethyl adjacent to an activating group) is 1. The lowest BCUT2D eigenvalue weighted by atomic mass is 9.71. The predicted octanol–water partition coefficient (Wildman–Crippen LogP) is 0.507. The molecule has 1 saturated heterocycles. The number of nitrogens with zero attached hydrogens (tertiary/aromatic N) is 5. The summed E-state index contributed by atoms with van der Waals surface area (Å²) in [5.41, 5.74) is 2.98. The van der Waals surface area contributed by atoms with Crippen molar-refractivity contribution in [2.45, 2.75) is 51.3 Å². The van der Waals surface area contributed by atoms with Crippen molar-refractivity contribution in [1.29, 1.82) is 0 Å². The minimum absolute atomic E-state index is 0.0877. The van der Waals surface area contributed by atoms with Gasteiger partial charge in [-0.1, -0.05) is 0 Å². The van der Waals surface area contributed by atoms with Gasteiger partial charge in [0.05, 0.1) is 18.2 Å². The summed E-state index contributed by atoms with van der Waals surface area (Å²) in [7, 11) is 4.10. The number of aromatic nitrogens is 4. The molecule has 0 aromatic carbocycles. The van der Waals surface area contributed by atoms with Crippen molar-refractivity contribution in [1.82, 2.24) is 29.8 Å². The summed E-state index contributed by atoms with van der Waals surface area (Å²) in [5.74, 6) is 1.14. The minimum Gasteiger partial charge on any atom is -0.376 e. The van der Waals surface area contributed by atoms with Gasteiger partial charge in [0, 0.05) is 30.3 Å². The Morgan fingerprint density at radius 1 is 1.42 bits per heavy atom. The Bertz CT molecular complexity index is 832. The average molecular weight is 358 g/mol. The predicted molar refractivity (Wildman–Crippen MR) is 95.8 cm³/mol. The van der Waals surface area contributed by atoms with Gasteiger partial charge in [-0.2, -0.15) is 10.1 Å². The number of rotatable bonds is 5. The van der Waals surface area contributed by atoms with E-state index in [2.05, 4.69) is 25.3 Å². The van der Waals surface area contributed by atoms with Crippen LogP contribution in [0.3, 0.4) is 0 Å². The Kier molecular flexibility index (Phi) is 4.40. The molecule has 1 aliphatic heterocycles. The fourth-order valence-electron chi connectivity index (χ4n) is 4.50. The first-order valence-electron chi connectivity index (χ1n) is 9.20. The molecule has 2 fully saturated rings. The van der Waals surface area contributed by atoms with Crippen LogP contribution >= 0.6 is 0 Å². The van der Waals surface area contributed by atoms with E-state index in [4.69, 9.17) is 4.74 Å². The van der Waals surface area contributed by atoms with Gasteiger partial charge in [-0.05, 0) is 46.3 Å². The summed E-state index contributed by atoms with van der Waals surface area (Å²) >= 11 is 0. The van der Waals surface area contributed by atoms with Crippen molar-refractivity contribution < 1.29 is 9.53 Å². The van der Waals surface area contributed by atoms with E-state index in [1.807, 2.05) is 27.9 Å². The maximum absolute atomic E-state index is 12.6. The van der Waals surface area contributed by atoms with Crippen LogP contribution in [0.2, 0.25) is 0 Å². The van der Waals surface area contributed by atoms with E-state index in [0.29, 0.717) is 24.5 Å². The molecule has 1 aliphatic carbocycles. The van der Waals surface area contributed by atoms with Crippen LogP contribution in [-0.2, 0) is 16.0 Å². The molecule has 2 aromatic rings. The van der Waals surface area contributed by atoms with E-state index in [1.165, 1.54) is 6.33 Å². The number of hydrogen-bond donors (Lipinski definition) is 1. The number of carbonyl (C=O) groups excluding carboxylic acids is 1. The van der Waals surface area contributed by atoms with E-state index < -0.39 is 0 Å². The lowest BCUT2D eigenvalue weighted by Crippen LogP contribution is -2.69. The van der Waals surface area contributed by atoms with Gasteiger partial charge in [0.2, 0.25) is 5.91 Å². The highest BCUT2D eigenvalue weighted by atomic mass is 16.5. The van der Waals surface area contributed by atoms with Gasteiger partial charge in [-0.3, -0.25) is 4.79 Å². The molecule has 140 valence electrons. The molecule has 1 N–H and O–H groups in total. The normalized spacial score (nSPS) is 27.6. The summed E-state index contributed by atoms with van der Waals surface area (Å²) in [6, 6.07) is 0.450. The third-order valence-electron chi connectivity index (χ3n) is 5.86. The second-order valence-electron chi connectivity index (χ2n) is 7.57. The molecule has 1 amide bonds. The van der Waals surface area contributed by atoms with Crippen LogP contribution in [0.1, 0.15) is 29.8 Å². The van der Waals surface area contributed by atoms with Crippen molar-refractivity contribution in [2.24, 2.45) is 5.92 Å². The highest BCUT2D eigenvalue weighted by molar-refractivity contribution is 5.77. The monoisotopic (exact) mass is 358 g/mol. The van der Waals surface area contributed by atoms with Gasteiger partial charge in [-0.15, -0.1) is 0 Å². The smallest absolute Gasteiger partial charge is 0.252 e. The maximum atomic E-state index is 12.6. The van der Waals surface area contributed by atoms with Gasteiger partial charge < -0.3 is 15.0 Å². The van der Waals surface area contributed by atoms with Crippen LogP contribution in [0.4, 0.5) is 0 Å². The molecule has 4 atom stereocenters. The number of amides is 1. The molecule has 0 radical (unpaired) electrons. The third kappa shape index (κ3) is 2.77. The summed E-state index contributed by atoms with van der Waals surface area (Å²) in [6.07, 6.45) is 3.89. The molecule has 2 aliphatic rings. The van der Waals surface area contributed by atoms with E-state index in [9.17, 15) is 4.79 Å². The van der Waals surface area contributed by atoms with Crippen LogP contribution in [0.15, 0.2) is 6.33 Å². The highest BCUT2D eigenvalue weighted by Gasteiger charge is 2.55. The minimum atomic E-state index is 0.0877. The quantitative estimate of drug-likeness (QED) is 0.838. The molecule has 26 heavy (non-hydrogen) atoms. The molecule has 0 unspecified atom stereocenters. The first-order valence-corrected chi connectivity index (χ1v) is 9.20. The molecule has 4 rings (SSSR count). The van der Waals surface area contributed by atoms with Crippen molar-refractivity contribution >= 4 is 11.7 Å². The number of nitrogens with one attached hydrogen (secondary N) is 1. The summed E-state index contributed by atoms with van der Waals surface area (Å²) in [5, 5.41) is 7.45. The average Bonchev–Trinajstić information content (AvgIpc) is 3.19. The number of aryl methyl sites for hydroxylation is 2. The Labute approximate surface area is 152 Å². The Balaban J connectivity index is 1.41. The lowest BCUT2D eigenvalue weighted by Gasteiger charge is -2.50. The molecule has 3 heterocycles. The first kappa shape index (κ1) is 17.4. The van der Waals surface area contributed by atoms with E-state index in [0.717, 1.165) is 30.0 Å². The van der Waals surface area contributed by atoms with Crippen LogP contribution in [-0.4, -0.2) is 69.3 Å². The molecule has 0 spiro atoms. The zero-order chi connectivity index (χ0) is 18.4. The first-order chi connectivity index (χ1) is 12.5. The number of hydrogen-bond acceptors (Lipinski definition) is 6. The van der Waals surface area contributed by atoms with E-state index in [1.54, 1.807) is 4.52 Å². The van der Waals surface area contributed by atoms with Crippen LogP contribution < -0.4 is 5.32 Å². The summed E-state index contributed by atoms with van der Waals surface area (Å²) in [6.45, 7) is 4.76. The highest BCUT2D eigenvalue weighted by Crippen LogP contribution is 2.41. The SMILES string of the molecule is Cc1nc2ncnn2c(C)c1CCC(=O)N[C@H]1[C@H]2CCO[C@H]2[C@@H]1N(C)C. The van der Waals surface area contributed by atoms with Crippen LogP contribution in [0, 0.1) is 19.8 Å². The molecule has 0 bridgehead atoms. The van der Waals surface area contributed by atoms with Gasteiger partial charge in [0.25, 0.3) is 5.78 Å². The fourth-order valence-corrected chi connectivity index (χ4v) is 4.50. The topological polar surface area (TPSA) is 84.6 Å². The molecule has 8 heteroatoms. The second-order valence-corrected chi connectivity index (χ2v) is 7.57. The van der Waals surface area contributed by atoms with E-state index in [-0.39, 0.29) is 24.1 Å². The van der Waals surface area contributed by atoms with Gasteiger partial charge in [-0.25, -0.2) is 9.50 Å². The van der Waals surface area contributed by atoms with Crippen LogP contribution in [0.5, 0.6) is 0 Å². The van der Waals surface area contributed by atoms with Gasteiger partial charge in [0.15, 0.2) is 0 Å². The van der Waals surface area contributed by atoms with Crippen LogP contribution in [0.25, 0.3) is 5.78 Å². The van der Waals surface area contributed by atoms with E-state index >= 15 is 0 Å². The molecular weight excluding hydrogens is 332 g/mol. The Hall–Kier alpha value is -2.06. The zero-order valence-electron chi connectivity index (χ0n) is 15.8. The molecule has 1 saturated carbocycles. The number of carbonyl (C=O) groups is 1. The van der Waals surface area contributed by atoms with Crippen molar-refractivity contribution in [3.8, 4) is 0 Å². The lowest BCUT2D eigenvalue weighted by molar-refractivity contribution is -0.128. The summed E-state index contributed by atoms with van der Waals surface area (Å²) < 4.78 is 7.55. The molecule has 8 nitrogen and oxygen atoms in total. The van der Waals surface area contributed by atoms with Gasteiger partial charge >= 0.3 is 0 Å². The van der Waals surface area contributed by atoms with Crippen molar-refractivity contribution in [2.75, 3.05) is 20.7 Å². The molecule has 2 aromatic heterocycles. The molecular formula is C18H26N6O2. The largest absolute Gasteiger partial charge is 0.376 e. The van der Waals surface area contributed by atoms with Gasteiger partial charge in [0.1, 0.15) is 6.33 Å². The zero-order valence-corrected chi connectivity index (χ0v) is 15.8. The number of ether oxygens (including phenoxy) is 1. The van der Waals surface area contributed by atoms with Crippen molar-refractivity contribution in [3.63, 3.8) is 0 Å². The standard InChI is InChI=1S/C18H26N6O2/c1-10-12(11(2)24-18(21-10)19-9-20-24)5-6-14(25)22-15-13-7-8-26-17(13)16(15)23(3)4/h9,13,15-17H,5-8H2,1-4H3,(H,22,25)/t13-,15+,16-,17-/m1/s1. The van der Waals surface area contributed by atoms with Crippen molar-refractivity contribution in [3.05, 3.63) is 23.3 Å². The number of fused-ring (bicyclic) bond motifs is 2. The summed E-state index contributed by atoms with van der Waals surface area (Å²) in [4.78, 5) is 23.4. The fraction of sp³-hybridized carbons (Fsp3) is 0.667. The maximum Gasteiger partial charge on any atom is 0.252 e.